The van der Waals surface area contributed by atoms with E-state index in [0.717, 1.165) is 16.8 Å². The van der Waals surface area contributed by atoms with Crippen molar-refractivity contribution >= 4 is 27.3 Å². The van der Waals surface area contributed by atoms with E-state index in [1.807, 2.05) is 37.3 Å². The Bertz CT molecular complexity index is 1100. The summed E-state index contributed by atoms with van der Waals surface area (Å²) in [7, 11) is -1.94. The molecule has 6 nitrogen and oxygen atoms in total. The molecular weight excluding hydrogens is 374 g/mol. The van der Waals surface area contributed by atoms with Crippen molar-refractivity contribution in [3.63, 3.8) is 0 Å². The Kier molecular flexibility index (Phi) is 4.34. The van der Waals surface area contributed by atoms with E-state index >= 15 is 0 Å². The molecule has 1 unspecified atom stereocenters. The normalized spacial score (nSPS) is 22.7. The predicted molar refractivity (Wildman–Crippen MR) is 109 cm³/mol. The molecule has 1 spiro atoms. The predicted octanol–water partition coefficient (Wildman–Crippen LogP) is 2.89. The summed E-state index contributed by atoms with van der Waals surface area (Å²) in [5, 5.41) is 4.08. The van der Waals surface area contributed by atoms with E-state index in [-0.39, 0.29) is 10.8 Å². The van der Waals surface area contributed by atoms with Crippen molar-refractivity contribution in [2.24, 2.45) is 5.10 Å². The third kappa shape index (κ3) is 2.92. The van der Waals surface area contributed by atoms with Gasteiger partial charge in [0.15, 0.2) is 0 Å². The van der Waals surface area contributed by atoms with Gasteiger partial charge in [-0.05, 0) is 49.6 Å². The zero-order chi connectivity index (χ0) is 19.9. The quantitative estimate of drug-likeness (QED) is 0.812. The first-order chi connectivity index (χ1) is 13.3. The molecule has 1 aliphatic heterocycles. The van der Waals surface area contributed by atoms with Gasteiger partial charge in [-0.25, -0.2) is 0 Å². The molecule has 0 radical (unpaired) electrons. The summed E-state index contributed by atoms with van der Waals surface area (Å²) in [5.41, 5.74) is 2.79. The second-order valence-electron chi connectivity index (χ2n) is 7.20. The van der Waals surface area contributed by atoms with Crippen molar-refractivity contribution in [1.29, 1.82) is 0 Å². The van der Waals surface area contributed by atoms with E-state index in [2.05, 4.69) is 9.93 Å². The molecule has 144 valence electrons. The molecule has 0 aromatic heterocycles. The average Bonchev–Trinajstić information content (AvgIpc) is 2.91. The van der Waals surface area contributed by atoms with E-state index in [4.69, 9.17) is 0 Å². The van der Waals surface area contributed by atoms with Gasteiger partial charge in [-0.15, -0.1) is 0 Å². The van der Waals surface area contributed by atoms with Gasteiger partial charge < -0.3 is 4.90 Å². The summed E-state index contributed by atoms with van der Waals surface area (Å²) in [4.78, 5) is 17.0. The third-order valence-electron chi connectivity index (χ3n) is 5.41. The van der Waals surface area contributed by atoms with Crippen LogP contribution >= 0.6 is 0 Å². The lowest BCUT2D eigenvalue weighted by Crippen LogP contribution is -2.39. The monoisotopic (exact) mass is 395 g/mol. The summed E-state index contributed by atoms with van der Waals surface area (Å²) in [5.74, 6) is 0.0317. The van der Waals surface area contributed by atoms with Gasteiger partial charge in [0.25, 0.3) is 10.0 Å². The minimum atomic E-state index is -3.72. The lowest BCUT2D eigenvalue weighted by molar-refractivity contribution is -0.121. The van der Waals surface area contributed by atoms with Crippen LogP contribution in [0.4, 0.5) is 5.69 Å². The van der Waals surface area contributed by atoms with Crippen LogP contribution in [-0.2, 0) is 20.2 Å². The van der Waals surface area contributed by atoms with Crippen LogP contribution in [0.5, 0.6) is 0 Å². The van der Waals surface area contributed by atoms with Gasteiger partial charge in [-0.3, -0.25) is 4.79 Å². The Morgan fingerprint density at radius 3 is 2.50 bits per heavy atom. The minimum Gasteiger partial charge on any atom is -0.314 e. The van der Waals surface area contributed by atoms with Crippen molar-refractivity contribution < 1.29 is 13.2 Å². The van der Waals surface area contributed by atoms with Gasteiger partial charge >= 0.3 is 0 Å². The standard InChI is InChI=1S/C21H21N3O3S/c1-15-7-9-17(10-8-15)28(26,27)23-22-16-11-13-21(14-12-16)18-5-3-4-6-19(18)24(2)20(21)25/h3-11,13,23H,12,14H2,1-2H3/b22-16+. The van der Waals surface area contributed by atoms with Gasteiger partial charge in [0.05, 0.1) is 16.0 Å². The molecule has 1 aliphatic carbocycles. The fourth-order valence-electron chi connectivity index (χ4n) is 3.78. The van der Waals surface area contributed by atoms with Gasteiger partial charge in [0.1, 0.15) is 0 Å². The van der Waals surface area contributed by atoms with Crippen molar-refractivity contribution in [3.05, 3.63) is 71.8 Å². The van der Waals surface area contributed by atoms with Crippen LogP contribution in [0.3, 0.4) is 0 Å². The number of hydrogen-bond donors (Lipinski definition) is 1. The van der Waals surface area contributed by atoms with Crippen LogP contribution in [0.15, 0.2) is 70.7 Å². The molecule has 2 aromatic carbocycles. The Morgan fingerprint density at radius 1 is 1.11 bits per heavy atom. The molecule has 0 bridgehead atoms. The largest absolute Gasteiger partial charge is 0.314 e. The summed E-state index contributed by atoms with van der Waals surface area (Å²) in [6.45, 7) is 1.90. The summed E-state index contributed by atoms with van der Waals surface area (Å²) < 4.78 is 24.8. The van der Waals surface area contributed by atoms with Crippen LogP contribution in [0.1, 0.15) is 24.0 Å². The zero-order valence-corrected chi connectivity index (χ0v) is 16.5. The molecule has 28 heavy (non-hydrogen) atoms. The zero-order valence-electron chi connectivity index (χ0n) is 15.7. The molecule has 2 aliphatic rings. The highest BCUT2D eigenvalue weighted by Crippen LogP contribution is 2.46. The number of likely N-dealkylation sites (N-methyl/N-ethyl adjacent to an activating group) is 1. The number of rotatable bonds is 3. The number of hydrogen-bond acceptors (Lipinski definition) is 4. The number of anilines is 1. The maximum Gasteiger partial charge on any atom is 0.276 e. The lowest BCUT2D eigenvalue weighted by Gasteiger charge is -2.28. The van der Waals surface area contributed by atoms with Crippen LogP contribution in [-0.4, -0.2) is 27.1 Å². The highest BCUT2D eigenvalue weighted by atomic mass is 32.2. The summed E-state index contributed by atoms with van der Waals surface area (Å²) in [6, 6.07) is 14.3. The fourth-order valence-corrected chi connectivity index (χ4v) is 4.62. The summed E-state index contributed by atoms with van der Waals surface area (Å²) >= 11 is 0. The number of fused-ring (bicyclic) bond motifs is 2. The fraction of sp³-hybridized carbons (Fsp3) is 0.238. The van der Waals surface area contributed by atoms with Crippen LogP contribution in [0.25, 0.3) is 0 Å². The van der Waals surface area contributed by atoms with Gasteiger partial charge in [0, 0.05) is 12.7 Å². The minimum absolute atomic E-state index is 0.0317. The first-order valence-corrected chi connectivity index (χ1v) is 10.5. The number of sulfonamides is 1. The molecule has 0 saturated carbocycles. The van der Waals surface area contributed by atoms with E-state index in [9.17, 15) is 13.2 Å². The summed E-state index contributed by atoms with van der Waals surface area (Å²) in [6.07, 6.45) is 4.64. The Hall–Kier alpha value is -2.93. The first kappa shape index (κ1) is 18.4. The highest BCUT2D eigenvalue weighted by molar-refractivity contribution is 7.89. The number of nitrogens with zero attached hydrogens (tertiary/aromatic N) is 2. The van der Waals surface area contributed by atoms with Crippen LogP contribution in [0, 0.1) is 6.92 Å². The molecule has 1 N–H and O–H groups in total. The number of para-hydroxylation sites is 1. The number of allylic oxidation sites excluding steroid dienone is 1. The van der Waals surface area contributed by atoms with Gasteiger partial charge in [0.2, 0.25) is 5.91 Å². The maximum absolute atomic E-state index is 12.9. The smallest absolute Gasteiger partial charge is 0.276 e. The third-order valence-corrected chi connectivity index (χ3v) is 6.63. The van der Waals surface area contributed by atoms with E-state index < -0.39 is 15.4 Å². The first-order valence-electron chi connectivity index (χ1n) is 9.05. The van der Waals surface area contributed by atoms with Gasteiger partial charge in [-0.2, -0.15) is 18.4 Å². The molecule has 0 saturated heterocycles. The van der Waals surface area contributed by atoms with Crippen LogP contribution < -0.4 is 9.73 Å². The lowest BCUT2D eigenvalue weighted by atomic mass is 9.74. The SMILES string of the molecule is Cc1ccc(S(=O)(=O)N/N=C2\C=CC3(CC2)C(=O)N(C)c2ccccc23)cc1. The number of amides is 1. The molecule has 7 heteroatoms. The number of carbonyl (C=O) groups excluding carboxylic acids is 1. The molecule has 4 rings (SSSR count). The Morgan fingerprint density at radius 2 is 1.82 bits per heavy atom. The van der Waals surface area contributed by atoms with E-state index in [0.29, 0.717) is 18.6 Å². The van der Waals surface area contributed by atoms with E-state index in [1.165, 1.54) is 0 Å². The molecular formula is C21H21N3O3S. The van der Waals surface area contributed by atoms with Gasteiger partial charge in [-0.1, -0.05) is 42.0 Å². The number of benzene rings is 2. The topological polar surface area (TPSA) is 78.8 Å². The van der Waals surface area contributed by atoms with Crippen molar-refractivity contribution in [3.8, 4) is 0 Å². The number of nitrogens with one attached hydrogen (secondary N) is 1. The van der Waals surface area contributed by atoms with Crippen molar-refractivity contribution in [2.45, 2.75) is 30.1 Å². The number of hydrazone groups is 1. The molecule has 1 heterocycles. The van der Waals surface area contributed by atoms with Crippen molar-refractivity contribution in [1.82, 2.24) is 4.83 Å². The van der Waals surface area contributed by atoms with Crippen LogP contribution in [0.2, 0.25) is 0 Å². The molecule has 1 atom stereocenters. The molecule has 1 amide bonds. The number of aryl methyl sites for hydroxylation is 1. The maximum atomic E-state index is 12.9. The van der Waals surface area contributed by atoms with E-state index in [1.54, 1.807) is 42.3 Å². The highest BCUT2D eigenvalue weighted by Gasteiger charge is 2.48. The van der Waals surface area contributed by atoms with Crippen molar-refractivity contribution in [2.75, 3.05) is 11.9 Å². The molecule has 0 fully saturated rings. The molecule has 2 aromatic rings. The average molecular weight is 395 g/mol. The second kappa shape index (κ2) is 6.60. The Balaban J connectivity index is 1.58. The second-order valence-corrected chi connectivity index (χ2v) is 8.86. The Labute approximate surface area is 164 Å². The number of carbonyl (C=O) groups is 1.